The summed E-state index contributed by atoms with van der Waals surface area (Å²) >= 11 is 9.19. The highest BCUT2D eigenvalue weighted by Gasteiger charge is 2.35. The summed E-state index contributed by atoms with van der Waals surface area (Å²) in [4.78, 5) is 26.8. The maximum Gasteiger partial charge on any atom is 0.231 e. The van der Waals surface area contributed by atoms with Crippen LogP contribution in [-0.2, 0) is 16.0 Å². The standard InChI is InChI=1S/C23H23ClN4O2S2/c1-15-9-10-18(13-19(15)24)28-14-17(12-20(28)29)21(30)25-22-26-27-23(32-22)31-11-5-8-16-6-3-2-4-7-16/h2-4,6-7,9-10,13,17H,5,8,11-12,14H2,1H3,(H,25,26,30). The van der Waals surface area contributed by atoms with E-state index in [2.05, 4.69) is 39.8 Å². The number of anilines is 2. The molecule has 9 heteroatoms. The summed E-state index contributed by atoms with van der Waals surface area (Å²) in [5, 5.41) is 12.1. The molecule has 0 aliphatic carbocycles. The molecule has 3 aromatic rings. The van der Waals surface area contributed by atoms with Crippen LogP contribution in [0, 0.1) is 12.8 Å². The number of benzene rings is 2. The fourth-order valence-electron chi connectivity index (χ4n) is 3.49. The molecular weight excluding hydrogens is 464 g/mol. The van der Waals surface area contributed by atoms with Gasteiger partial charge in [-0.2, -0.15) is 0 Å². The van der Waals surface area contributed by atoms with Crippen molar-refractivity contribution >= 4 is 57.3 Å². The first-order valence-corrected chi connectivity index (χ1v) is 12.5. The van der Waals surface area contributed by atoms with Crippen LogP contribution in [0.5, 0.6) is 0 Å². The molecule has 0 bridgehead atoms. The molecule has 1 aliphatic rings. The van der Waals surface area contributed by atoms with Gasteiger partial charge in [0.1, 0.15) is 0 Å². The molecule has 1 atom stereocenters. The maximum absolute atomic E-state index is 12.7. The van der Waals surface area contributed by atoms with Gasteiger partial charge in [-0.05, 0) is 43.0 Å². The minimum atomic E-state index is -0.437. The second-order valence-electron chi connectivity index (χ2n) is 7.64. The molecule has 4 rings (SSSR count). The number of nitrogens with one attached hydrogen (secondary N) is 1. The number of nitrogens with zero attached hydrogens (tertiary/aromatic N) is 3. The summed E-state index contributed by atoms with van der Waals surface area (Å²) in [6.07, 6.45) is 2.23. The number of aromatic nitrogens is 2. The lowest BCUT2D eigenvalue weighted by Gasteiger charge is -2.17. The Kier molecular flexibility index (Phi) is 7.44. The Balaban J connectivity index is 1.26. The van der Waals surface area contributed by atoms with Crippen LogP contribution in [0.3, 0.4) is 0 Å². The van der Waals surface area contributed by atoms with Gasteiger partial charge in [-0.25, -0.2) is 0 Å². The van der Waals surface area contributed by atoms with Crippen molar-refractivity contribution in [3.8, 4) is 0 Å². The first-order valence-electron chi connectivity index (χ1n) is 10.4. The monoisotopic (exact) mass is 486 g/mol. The molecule has 0 spiro atoms. The highest BCUT2D eigenvalue weighted by atomic mass is 35.5. The first-order chi connectivity index (χ1) is 15.5. The highest BCUT2D eigenvalue weighted by Crippen LogP contribution is 2.30. The van der Waals surface area contributed by atoms with Gasteiger partial charge in [-0.15, -0.1) is 10.2 Å². The highest BCUT2D eigenvalue weighted by molar-refractivity contribution is 8.01. The predicted octanol–water partition coefficient (Wildman–Crippen LogP) is 5.22. The van der Waals surface area contributed by atoms with Crippen LogP contribution in [0.15, 0.2) is 52.9 Å². The molecule has 2 heterocycles. The van der Waals surface area contributed by atoms with E-state index in [4.69, 9.17) is 11.6 Å². The molecule has 1 aromatic heterocycles. The molecule has 1 fully saturated rings. The van der Waals surface area contributed by atoms with E-state index in [1.54, 1.807) is 22.7 Å². The second-order valence-corrected chi connectivity index (χ2v) is 10.4. The van der Waals surface area contributed by atoms with Crippen LogP contribution in [0.2, 0.25) is 5.02 Å². The Morgan fingerprint density at radius 3 is 2.84 bits per heavy atom. The zero-order valence-corrected chi connectivity index (χ0v) is 20.0. The van der Waals surface area contributed by atoms with Crippen molar-refractivity contribution in [3.63, 3.8) is 0 Å². The van der Waals surface area contributed by atoms with Gasteiger partial charge in [0.2, 0.25) is 16.9 Å². The van der Waals surface area contributed by atoms with E-state index in [9.17, 15) is 9.59 Å². The summed E-state index contributed by atoms with van der Waals surface area (Å²) in [6, 6.07) is 15.9. The lowest BCUT2D eigenvalue weighted by molar-refractivity contribution is -0.122. The van der Waals surface area contributed by atoms with Crippen LogP contribution >= 0.6 is 34.7 Å². The number of thioether (sulfide) groups is 1. The smallest absolute Gasteiger partial charge is 0.231 e. The van der Waals surface area contributed by atoms with E-state index in [-0.39, 0.29) is 18.2 Å². The Hall–Kier alpha value is -2.42. The van der Waals surface area contributed by atoms with Gasteiger partial charge in [0.15, 0.2) is 4.34 Å². The van der Waals surface area contributed by atoms with E-state index in [1.807, 2.05) is 25.1 Å². The summed E-state index contributed by atoms with van der Waals surface area (Å²) in [6.45, 7) is 2.23. The van der Waals surface area contributed by atoms with Crippen LogP contribution in [0.4, 0.5) is 10.8 Å². The topological polar surface area (TPSA) is 75.2 Å². The van der Waals surface area contributed by atoms with Crippen molar-refractivity contribution in [1.29, 1.82) is 0 Å². The molecule has 32 heavy (non-hydrogen) atoms. The number of halogens is 1. The molecule has 2 amide bonds. The fourth-order valence-corrected chi connectivity index (χ4v) is 5.43. The molecule has 2 aromatic carbocycles. The van der Waals surface area contributed by atoms with Gasteiger partial charge in [-0.1, -0.05) is 71.1 Å². The number of hydrogen-bond acceptors (Lipinski definition) is 6. The summed E-state index contributed by atoms with van der Waals surface area (Å²) in [5.41, 5.74) is 2.98. The Morgan fingerprint density at radius 2 is 2.06 bits per heavy atom. The number of carbonyl (C=O) groups excluding carboxylic acids is 2. The van der Waals surface area contributed by atoms with Crippen LogP contribution in [-0.4, -0.2) is 34.3 Å². The Labute approximate surface area is 200 Å². The maximum atomic E-state index is 12.7. The molecule has 1 aliphatic heterocycles. The lowest BCUT2D eigenvalue weighted by Crippen LogP contribution is -2.28. The zero-order chi connectivity index (χ0) is 22.5. The molecule has 1 saturated heterocycles. The molecule has 1 N–H and O–H groups in total. The van der Waals surface area contributed by atoms with Gasteiger partial charge in [0.25, 0.3) is 0 Å². The molecular formula is C23H23ClN4O2S2. The first kappa shape index (κ1) is 22.8. The van der Waals surface area contributed by atoms with E-state index < -0.39 is 5.92 Å². The van der Waals surface area contributed by atoms with Gasteiger partial charge < -0.3 is 10.2 Å². The van der Waals surface area contributed by atoms with E-state index in [0.29, 0.717) is 22.4 Å². The van der Waals surface area contributed by atoms with Crippen molar-refractivity contribution in [1.82, 2.24) is 10.2 Å². The summed E-state index contributed by atoms with van der Waals surface area (Å²) in [5.74, 6) is 0.198. The Morgan fingerprint density at radius 1 is 1.25 bits per heavy atom. The third kappa shape index (κ3) is 5.68. The minimum absolute atomic E-state index is 0.0861. The van der Waals surface area contributed by atoms with Crippen molar-refractivity contribution in [3.05, 3.63) is 64.7 Å². The molecule has 1 unspecified atom stereocenters. The van der Waals surface area contributed by atoms with Crippen molar-refractivity contribution in [2.45, 2.75) is 30.5 Å². The number of aryl methyl sites for hydroxylation is 2. The van der Waals surface area contributed by atoms with E-state index >= 15 is 0 Å². The number of amides is 2. The van der Waals surface area contributed by atoms with Crippen LogP contribution in [0.1, 0.15) is 24.0 Å². The largest absolute Gasteiger partial charge is 0.312 e. The third-order valence-corrected chi connectivity index (χ3v) is 7.74. The molecule has 0 radical (unpaired) electrons. The quantitative estimate of drug-likeness (QED) is 0.268. The van der Waals surface area contributed by atoms with Gasteiger partial charge in [0, 0.05) is 29.4 Å². The van der Waals surface area contributed by atoms with Crippen molar-refractivity contribution in [2.24, 2.45) is 5.92 Å². The van der Waals surface area contributed by atoms with Crippen LogP contribution in [0.25, 0.3) is 0 Å². The zero-order valence-electron chi connectivity index (χ0n) is 17.6. The van der Waals surface area contributed by atoms with E-state index in [0.717, 1.165) is 28.5 Å². The predicted molar refractivity (Wildman–Crippen MR) is 131 cm³/mol. The van der Waals surface area contributed by atoms with Gasteiger partial charge in [0.05, 0.1) is 5.92 Å². The van der Waals surface area contributed by atoms with Gasteiger partial charge in [-0.3, -0.25) is 9.59 Å². The second kappa shape index (κ2) is 10.5. The summed E-state index contributed by atoms with van der Waals surface area (Å²) in [7, 11) is 0. The summed E-state index contributed by atoms with van der Waals surface area (Å²) < 4.78 is 0.826. The third-order valence-electron chi connectivity index (χ3n) is 5.28. The molecule has 0 saturated carbocycles. The molecule has 6 nitrogen and oxygen atoms in total. The van der Waals surface area contributed by atoms with Gasteiger partial charge >= 0.3 is 0 Å². The number of rotatable bonds is 8. The van der Waals surface area contributed by atoms with Crippen molar-refractivity contribution in [2.75, 3.05) is 22.5 Å². The molecule has 166 valence electrons. The SMILES string of the molecule is Cc1ccc(N2CC(C(=O)Nc3nnc(SCCCc4ccccc4)s3)CC2=O)cc1Cl. The fraction of sp³-hybridized carbons (Fsp3) is 0.304. The van der Waals surface area contributed by atoms with Crippen LogP contribution < -0.4 is 10.2 Å². The normalized spacial score (nSPS) is 15.9. The average Bonchev–Trinajstić information content (AvgIpc) is 3.40. The number of carbonyl (C=O) groups is 2. The average molecular weight is 487 g/mol. The van der Waals surface area contributed by atoms with E-state index in [1.165, 1.54) is 16.9 Å². The minimum Gasteiger partial charge on any atom is -0.312 e. The van der Waals surface area contributed by atoms with Crippen molar-refractivity contribution < 1.29 is 9.59 Å². The number of hydrogen-bond donors (Lipinski definition) is 1. The Bertz CT molecular complexity index is 1110. The lowest BCUT2D eigenvalue weighted by atomic mass is 10.1.